The van der Waals surface area contributed by atoms with Gasteiger partial charge >= 0.3 is 0 Å². The maximum Gasteiger partial charge on any atom is 0.269 e. The second-order valence-electron chi connectivity index (χ2n) is 4.08. The molecule has 0 saturated heterocycles. The SMILES string of the molecule is O=C(NNC(=O)c1cc(Cl)cc(Cl)c1)c1cccc(Cl)c1. The number of carbonyl (C=O) groups is 2. The van der Waals surface area contributed by atoms with Crippen LogP contribution in [-0.4, -0.2) is 11.8 Å². The molecule has 0 aliphatic heterocycles. The number of nitrogens with one attached hydrogen (secondary N) is 2. The first-order chi connectivity index (χ1) is 9.95. The molecule has 0 aliphatic carbocycles. The van der Waals surface area contributed by atoms with E-state index in [4.69, 9.17) is 34.8 Å². The van der Waals surface area contributed by atoms with Crippen LogP contribution in [-0.2, 0) is 0 Å². The van der Waals surface area contributed by atoms with Gasteiger partial charge in [-0.3, -0.25) is 20.4 Å². The number of hydrogen-bond acceptors (Lipinski definition) is 2. The zero-order valence-corrected chi connectivity index (χ0v) is 12.8. The molecule has 2 amide bonds. The number of benzene rings is 2. The Hall–Kier alpha value is -1.75. The Labute approximate surface area is 136 Å². The molecule has 2 rings (SSSR count). The fourth-order valence-electron chi connectivity index (χ4n) is 1.57. The topological polar surface area (TPSA) is 58.2 Å². The Morgan fingerprint density at radius 1 is 0.714 bits per heavy atom. The van der Waals surface area contributed by atoms with Crippen molar-refractivity contribution in [2.45, 2.75) is 0 Å². The molecule has 21 heavy (non-hydrogen) atoms. The van der Waals surface area contributed by atoms with E-state index in [-0.39, 0.29) is 5.56 Å². The van der Waals surface area contributed by atoms with Gasteiger partial charge in [-0.2, -0.15) is 0 Å². The van der Waals surface area contributed by atoms with E-state index in [9.17, 15) is 9.59 Å². The van der Waals surface area contributed by atoms with Crippen LogP contribution >= 0.6 is 34.8 Å². The third-order valence-electron chi connectivity index (χ3n) is 2.50. The summed E-state index contributed by atoms with van der Waals surface area (Å²) in [7, 11) is 0. The fourth-order valence-corrected chi connectivity index (χ4v) is 2.29. The molecule has 0 unspecified atom stereocenters. The second kappa shape index (κ2) is 6.80. The van der Waals surface area contributed by atoms with Gasteiger partial charge in [-0.15, -0.1) is 0 Å². The standard InChI is InChI=1S/C14H9Cl3N2O2/c15-10-3-1-2-8(4-10)13(20)18-19-14(21)9-5-11(16)7-12(17)6-9/h1-7H,(H,18,20)(H,19,21). The van der Waals surface area contributed by atoms with E-state index < -0.39 is 11.8 Å². The highest BCUT2D eigenvalue weighted by atomic mass is 35.5. The summed E-state index contributed by atoms with van der Waals surface area (Å²) in [5.41, 5.74) is 5.11. The molecule has 2 aromatic carbocycles. The zero-order valence-electron chi connectivity index (χ0n) is 10.5. The lowest BCUT2D eigenvalue weighted by molar-refractivity contribution is 0.0846. The van der Waals surface area contributed by atoms with Gasteiger partial charge in [0.05, 0.1) is 0 Å². The van der Waals surface area contributed by atoms with E-state index in [1.165, 1.54) is 24.3 Å². The van der Waals surface area contributed by atoms with Crippen molar-refractivity contribution in [3.8, 4) is 0 Å². The number of carbonyl (C=O) groups excluding carboxylic acids is 2. The summed E-state index contributed by atoms with van der Waals surface area (Å²) >= 11 is 17.4. The summed E-state index contributed by atoms with van der Waals surface area (Å²) in [5.74, 6) is -1.02. The van der Waals surface area contributed by atoms with Gasteiger partial charge in [0.1, 0.15) is 0 Å². The van der Waals surface area contributed by atoms with Crippen molar-refractivity contribution in [1.29, 1.82) is 0 Å². The molecule has 0 aliphatic rings. The van der Waals surface area contributed by atoms with Crippen LogP contribution in [0.15, 0.2) is 42.5 Å². The molecule has 0 fully saturated rings. The summed E-state index contributed by atoms with van der Waals surface area (Å²) in [6.07, 6.45) is 0. The average molecular weight is 344 g/mol. The average Bonchev–Trinajstić information content (AvgIpc) is 2.43. The summed E-state index contributed by atoms with van der Waals surface area (Å²) in [6.45, 7) is 0. The summed E-state index contributed by atoms with van der Waals surface area (Å²) in [4.78, 5) is 23.7. The van der Waals surface area contributed by atoms with Gasteiger partial charge in [0.15, 0.2) is 0 Å². The van der Waals surface area contributed by atoms with Crippen LogP contribution in [0.4, 0.5) is 0 Å². The maximum absolute atomic E-state index is 11.9. The summed E-state index contributed by atoms with van der Waals surface area (Å²) in [5, 5.41) is 1.08. The number of amides is 2. The molecule has 0 aromatic heterocycles. The van der Waals surface area contributed by atoms with Crippen LogP contribution in [0.1, 0.15) is 20.7 Å². The molecule has 0 bridgehead atoms. The number of hydrogen-bond donors (Lipinski definition) is 2. The Morgan fingerprint density at radius 2 is 1.24 bits per heavy atom. The minimum Gasteiger partial charge on any atom is -0.267 e. The van der Waals surface area contributed by atoms with E-state index in [0.717, 1.165) is 0 Å². The normalized spacial score (nSPS) is 10.0. The van der Waals surface area contributed by atoms with Crippen molar-refractivity contribution < 1.29 is 9.59 Å². The third-order valence-corrected chi connectivity index (χ3v) is 3.17. The number of rotatable bonds is 2. The van der Waals surface area contributed by atoms with Crippen molar-refractivity contribution in [2.24, 2.45) is 0 Å². The van der Waals surface area contributed by atoms with Crippen LogP contribution in [0.25, 0.3) is 0 Å². The number of hydrazine groups is 1. The smallest absolute Gasteiger partial charge is 0.267 e. The first-order valence-electron chi connectivity index (χ1n) is 5.78. The first-order valence-corrected chi connectivity index (χ1v) is 6.91. The van der Waals surface area contributed by atoms with Crippen LogP contribution in [0, 0.1) is 0 Å². The Balaban J connectivity index is 2.02. The molecule has 0 spiro atoms. The Bertz CT molecular complexity index is 684. The van der Waals surface area contributed by atoms with Gasteiger partial charge in [0, 0.05) is 26.2 Å². The maximum atomic E-state index is 11.9. The number of halogens is 3. The van der Waals surface area contributed by atoms with Gasteiger partial charge in [0.2, 0.25) is 0 Å². The Kier molecular flexibility index (Phi) is 5.07. The van der Waals surface area contributed by atoms with E-state index in [1.54, 1.807) is 18.2 Å². The minimum absolute atomic E-state index is 0.235. The van der Waals surface area contributed by atoms with Crippen molar-refractivity contribution in [1.82, 2.24) is 10.9 Å². The van der Waals surface area contributed by atoms with Gasteiger partial charge in [0.25, 0.3) is 11.8 Å². The molecule has 2 N–H and O–H groups in total. The minimum atomic E-state index is -0.533. The highest BCUT2D eigenvalue weighted by Crippen LogP contribution is 2.18. The van der Waals surface area contributed by atoms with Crippen LogP contribution in [0.5, 0.6) is 0 Å². The highest BCUT2D eigenvalue weighted by Gasteiger charge is 2.10. The second-order valence-corrected chi connectivity index (χ2v) is 5.39. The lowest BCUT2D eigenvalue weighted by Crippen LogP contribution is -2.41. The Morgan fingerprint density at radius 3 is 1.81 bits per heavy atom. The zero-order chi connectivity index (χ0) is 15.4. The molecule has 0 atom stereocenters. The molecule has 0 saturated carbocycles. The molecule has 0 heterocycles. The van der Waals surface area contributed by atoms with Crippen LogP contribution < -0.4 is 10.9 Å². The largest absolute Gasteiger partial charge is 0.269 e. The molecule has 0 radical (unpaired) electrons. The molecular formula is C14H9Cl3N2O2. The summed E-state index contributed by atoms with van der Waals surface area (Å²) in [6, 6.07) is 10.7. The van der Waals surface area contributed by atoms with Gasteiger partial charge < -0.3 is 0 Å². The fraction of sp³-hybridized carbons (Fsp3) is 0. The van der Waals surface area contributed by atoms with E-state index in [2.05, 4.69) is 10.9 Å². The van der Waals surface area contributed by atoms with Crippen molar-refractivity contribution >= 4 is 46.6 Å². The van der Waals surface area contributed by atoms with E-state index in [0.29, 0.717) is 20.6 Å². The van der Waals surface area contributed by atoms with Gasteiger partial charge in [-0.05, 0) is 36.4 Å². The van der Waals surface area contributed by atoms with Crippen LogP contribution in [0.3, 0.4) is 0 Å². The molecule has 7 heteroatoms. The van der Waals surface area contributed by atoms with Crippen molar-refractivity contribution in [2.75, 3.05) is 0 Å². The van der Waals surface area contributed by atoms with Crippen LogP contribution in [0.2, 0.25) is 15.1 Å². The lowest BCUT2D eigenvalue weighted by atomic mass is 10.2. The summed E-state index contributed by atoms with van der Waals surface area (Å²) < 4.78 is 0. The highest BCUT2D eigenvalue weighted by molar-refractivity contribution is 6.35. The van der Waals surface area contributed by atoms with E-state index >= 15 is 0 Å². The van der Waals surface area contributed by atoms with Gasteiger partial charge in [-0.1, -0.05) is 40.9 Å². The molecular weight excluding hydrogens is 335 g/mol. The molecule has 2 aromatic rings. The quantitative estimate of drug-likeness (QED) is 0.817. The first kappa shape index (κ1) is 15.6. The predicted octanol–water partition coefficient (Wildman–Crippen LogP) is 3.72. The van der Waals surface area contributed by atoms with Crippen molar-refractivity contribution in [3.63, 3.8) is 0 Å². The van der Waals surface area contributed by atoms with Gasteiger partial charge in [-0.25, -0.2) is 0 Å². The third kappa shape index (κ3) is 4.36. The van der Waals surface area contributed by atoms with Crippen molar-refractivity contribution in [3.05, 3.63) is 68.7 Å². The van der Waals surface area contributed by atoms with E-state index in [1.807, 2.05) is 0 Å². The molecule has 108 valence electrons. The lowest BCUT2D eigenvalue weighted by Gasteiger charge is -2.08. The predicted molar refractivity (Wildman–Crippen MR) is 82.8 cm³/mol. The molecule has 4 nitrogen and oxygen atoms in total. The monoisotopic (exact) mass is 342 g/mol.